The van der Waals surface area contributed by atoms with E-state index in [-0.39, 0.29) is 11.9 Å². The highest BCUT2D eigenvalue weighted by molar-refractivity contribution is 5.90. The number of ether oxygens (including phenoxy) is 2. The minimum absolute atomic E-state index is 0.224. The quantitative estimate of drug-likeness (QED) is 0.796. The smallest absolute Gasteiger partial charge is 0.161 e. The molecule has 0 heterocycles. The van der Waals surface area contributed by atoms with Crippen molar-refractivity contribution in [3.05, 3.63) is 23.8 Å². The van der Waals surface area contributed by atoms with Crippen molar-refractivity contribution in [1.29, 1.82) is 0 Å². The molecule has 0 aromatic heterocycles. The lowest BCUT2D eigenvalue weighted by Gasteiger charge is -2.36. The number of hydrogen-bond donors (Lipinski definition) is 0. The maximum Gasteiger partial charge on any atom is 0.161 e. The van der Waals surface area contributed by atoms with Gasteiger partial charge in [0.25, 0.3) is 0 Å². The van der Waals surface area contributed by atoms with E-state index >= 15 is 0 Å². The molecule has 0 amide bonds. The second-order valence-corrected chi connectivity index (χ2v) is 6.01. The van der Waals surface area contributed by atoms with E-state index in [2.05, 4.69) is 5.92 Å². The van der Waals surface area contributed by atoms with Gasteiger partial charge in [0.05, 0.1) is 18.6 Å². The summed E-state index contributed by atoms with van der Waals surface area (Å²) in [4.78, 5) is 11.4. The zero-order chi connectivity index (χ0) is 14.9. The third kappa shape index (κ3) is 2.51. The Morgan fingerprint density at radius 3 is 2.52 bits per heavy atom. The molecule has 2 fully saturated rings. The van der Waals surface area contributed by atoms with Gasteiger partial charge in [-0.2, -0.15) is 0 Å². The summed E-state index contributed by atoms with van der Waals surface area (Å²) >= 11 is 0. The first-order valence-electron chi connectivity index (χ1n) is 7.51. The van der Waals surface area contributed by atoms with Gasteiger partial charge in [0.2, 0.25) is 0 Å². The Balaban J connectivity index is 1.89. The fourth-order valence-electron chi connectivity index (χ4n) is 3.26. The number of Topliss-reactive ketones (excluding diaryl/α,β-unsaturated/α-hetero) is 1. The van der Waals surface area contributed by atoms with E-state index in [1.165, 1.54) is 12.8 Å². The van der Waals surface area contributed by atoms with Crippen molar-refractivity contribution >= 4 is 5.78 Å². The van der Waals surface area contributed by atoms with Crippen LogP contribution in [0.15, 0.2) is 18.2 Å². The molecule has 2 aliphatic rings. The number of hydrogen-bond acceptors (Lipinski definition) is 3. The summed E-state index contributed by atoms with van der Waals surface area (Å²) in [6.45, 7) is 0. The van der Waals surface area contributed by atoms with Crippen LogP contribution in [0.4, 0.5) is 0 Å². The van der Waals surface area contributed by atoms with Gasteiger partial charge in [0, 0.05) is 12.8 Å². The average Bonchev–Trinajstić information content (AvgIpc) is 2.96. The second kappa shape index (κ2) is 5.44. The summed E-state index contributed by atoms with van der Waals surface area (Å²) < 4.78 is 11.5. The monoisotopic (exact) mass is 284 g/mol. The van der Waals surface area contributed by atoms with Crippen molar-refractivity contribution in [2.45, 2.75) is 50.0 Å². The number of methoxy groups -OCH3 is 1. The van der Waals surface area contributed by atoms with Gasteiger partial charge in [-0.25, -0.2) is 0 Å². The van der Waals surface area contributed by atoms with E-state index in [0.29, 0.717) is 12.8 Å². The molecule has 0 spiro atoms. The lowest BCUT2D eigenvalue weighted by molar-refractivity contribution is -0.126. The van der Waals surface area contributed by atoms with Crippen LogP contribution in [-0.4, -0.2) is 19.0 Å². The van der Waals surface area contributed by atoms with E-state index in [0.717, 1.165) is 29.9 Å². The Morgan fingerprint density at radius 2 is 1.95 bits per heavy atom. The summed E-state index contributed by atoms with van der Waals surface area (Å²) in [6, 6.07) is 5.80. The van der Waals surface area contributed by atoms with Crippen molar-refractivity contribution in [2.24, 2.45) is 0 Å². The Morgan fingerprint density at radius 1 is 1.24 bits per heavy atom. The molecule has 0 atom stereocenters. The minimum Gasteiger partial charge on any atom is -0.493 e. The zero-order valence-corrected chi connectivity index (χ0v) is 12.4. The van der Waals surface area contributed by atoms with Crippen molar-refractivity contribution in [1.82, 2.24) is 0 Å². The molecule has 0 N–H and O–H groups in total. The molecule has 0 saturated heterocycles. The molecule has 3 heteroatoms. The molecular weight excluding hydrogens is 264 g/mol. The number of terminal acetylenes is 1. The van der Waals surface area contributed by atoms with Crippen LogP contribution in [0.1, 0.15) is 44.1 Å². The van der Waals surface area contributed by atoms with Crippen LogP contribution in [0, 0.1) is 12.3 Å². The van der Waals surface area contributed by atoms with Crippen molar-refractivity contribution in [3.63, 3.8) is 0 Å². The van der Waals surface area contributed by atoms with E-state index < -0.39 is 5.41 Å². The first-order valence-corrected chi connectivity index (χ1v) is 7.51. The Labute approximate surface area is 125 Å². The third-order valence-corrected chi connectivity index (χ3v) is 4.59. The van der Waals surface area contributed by atoms with E-state index in [9.17, 15) is 4.79 Å². The molecule has 0 radical (unpaired) electrons. The second-order valence-electron chi connectivity index (χ2n) is 6.01. The molecule has 2 saturated carbocycles. The number of carbonyl (C=O) groups excluding carboxylic acids is 1. The van der Waals surface area contributed by atoms with Crippen LogP contribution in [0.25, 0.3) is 0 Å². The third-order valence-electron chi connectivity index (χ3n) is 4.59. The number of ketones is 1. The maximum atomic E-state index is 11.4. The van der Waals surface area contributed by atoms with Crippen molar-refractivity contribution in [2.75, 3.05) is 7.11 Å². The molecule has 3 nitrogen and oxygen atoms in total. The van der Waals surface area contributed by atoms with Crippen LogP contribution >= 0.6 is 0 Å². The highest BCUT2D eigenvalue weighted by atomic mass is 16.5. The fraction of sp³-hybridized carbons (Fsp3) is 0.500. The van der Waals surface area contributed by atoms with Crippen LogP contribution in [0.2, 0.25) is 0 Å². The summed E-state index contributed by atoms with van der Waals surface area (Å²) in [6.07, 6.45) is 11.4. The molecule has 1 aromatic carbocycles. The van der Waals surface area contributed by atoms with Crippen LogP contribution < -0.4 is 9.47 Å². The standard InChI is InChI=1S/C18H20O3/c1-3-18(11-14(19)12-18)13-8-9-16(20-2)17(10-13)21-15-6-4-5-7-15/h1,8-10,15H,4-7,11-12H2,2H3. The van der Waals surface area contributed by atoms with E-state index in [1.54, 1.807) is 7.11 Å². The normalized spacial score (nSPS) is 20.7. The first kappa shape index (κ1) is 14.0. The Kier molecular flexibility index (Phi) is 3.63. The van der Waals surface area contributed by atoms with Gasteiger partial charge in [-0.15, -0.1) is 6.42 Å². The first-order chi connectivity index (χ1) is 10.2. The van der Waals surface area contributed by atoms with Crippen LogP contribution in [-0.2, 0) is 10.2 Å². The Hall–Kier alpha value is -1.95. The molecule has 1 aromatic rings. The van der Waals surface area contributed by atoms with Gasteiger partial charge >= 0.3 is 0 Å². The molecular formula is C18H20O3. The number of rotatable bonds is 4. The highest BCUT2D eigenvalue weighted by Gasteiger charge is 2.44. The van der Waals surface area contributed by atoms with E-state index in [4.69, 9.17) is 15.9 Å². The van der Waals surface area contributed by atoms with Gasteiger partial charge in [-0.1, -0.05) is 12.0 Å². The SMILES string of the molecule is C#CC1(c2ccc(OC)c(OC3CCCC3)c2)CC(=O)C1. The van der Waals surface area contributed by atoms with Gasteiger partial charge in [0.15, 0.2) is 11.5 Å². The number of benzene rings is 1. The summed E-state index contributed by atoms with van der Waals surface area (Å²) in [5.74, 6) is 4.50. The summed E-state index contributed by atoms with van der Waals surface area (Å²) in [7, 11) is 1.64. The molecule has 110 valence electrons. The predicted octanol–water partition coefficient (Wildman–Crippen LogP) is 3.25. The van der Waals surface area contributed by atoms with E-state index in [1.807, 2.05) is 18.2 Å². The summed E-state index contributed by atoms with van der Waals surface area (Å²) in [5, 5.41) is 0. The average molecular weight is 284 g/mol. The molecule has 0 bridgehead atoms. The van der Waals surface area contributed by atoms with Crippen molar-refractivity contribution in [3.8, 4) is 23.8 Å². The molecule has 2 aliphatic carbocycles. The number of carbonyl (C=O) groups is 1. The largest absolute Gasteiger partial charge is 0.493 e. The molecule has 3 rings (SSSR count). The summed E-state index contributed by atoms with van der Waals surface area (Å²) in [5.41, 5.74) is 0.537. The van der Waals surface area contributed by atoms with Gasteiger partial charge in [-0.3, -0.25) is 4.79 Å². The fourth-order valence-corrected chi connectivity index (χ4v) is 3.26. The van der Waals surface area contributed by atoms with Crippen LogP contribution in [0.5, 0.6) is 11.5 Å². The highest BCUT2D eigenvalue weighted by Crippen LogP contribution is 2.44. The molecule has 21 heavy (non-hydrogen) atoms. The molecule has 0 aliphatic heterocycles. The maximum absolute atomic E-state index is 11.4. The van der Waals surface area contributed by atoms with Crippen molar-refractivity contribution < 1.29 is 14.3 Å². The minimum atomic E-state index is -0.447. The van der Waals surface area contributed by atoms with Gasteiger partial charge < -0.3 is 9.47 Å². The molecule has 0 unspecified atom stereocenters. The zero-order valence-electron chi connectivity index (χ0n) is 12.4. The lowest BCUT2D eigenvalue weighted by Crippen LogP contribution is -2.40. The Bertz CT molecular complexity index is 583. The van der Waals surface area contributed by atoms with Gasteiger partial charge in [-0.05, 0) is 43.4 Å². The predicted molar refractivity (Wildman–Crippen MR) is 80.6 cm³/mol. The lowest BCUT2D eigenvalue weighted by atomic mass is 9.64. The van der Waals surface area contributed by atoms with Gasteiger partial charge in [0.1, 0.15) is 5.78 Å². The van der Waals surface area contributed by atoms with Crippen LogP contribution in [0.3, 0.4) is 0 Å². The topological polar surface area (TPSA) is 35.5 Å².